The van der Waals surface area contributed by atoms with Crippen molar-refractivity contribution in [2.24, 2.45) is 0 Å². The van der Waals surface area contributed by atoms with Crippen molar-refractivity contribution in [1.82, 2.24) is 9.88 Å². The first kappa shape index (κ1) is 19.8. The Bertz CT molecular complexity index is 838. The molecule has 26 heavy (non-hydrogen) atoms. The molecule has 0 atom stereocenters. The number of carbonyl (C=O) groups is 2. The standard InChI is InChI=1S/C18H16ClN3O3S/c1-22(11-5-9-20)16(23)12-25-18(24)13-6-4-10-21-17(13)26-15-8-3-2-7-14(15)19/h2-4,6-8,10H,5,11-12H2,1H3. The van der Waals surface area contributed by atoms with Crippen LogP contribution in [0.15, 0.2) is 52.5 Å². The molecule has 2 aromatic rings. The molecule has 0 bridgehead atoms. The van der Waals surface area contributed by atoms with Gasteiger partial charge < -0.3 is 9.64 Å². The summed E-state index contributed by atoms with van der Waals surface area (Å²) in [5.74, 6) is -1.02. The molecule has 6 nitrogen and oxygen atoms in total. The minimum absolute atomic E-state index is 0.220. The maximum Gasteiger partial charge on any atom is 0.341 e. The highest BCUT2D eigenvalue weighted by Crippen LogP contribution is 2.33. The van der Waals surface area contributed by atoms with E-state index in [1.807, 2.05) is 24.3 Å². The van der Waals surface area contributed by atoms with Crippen LogP contribution in [0.3, 0.4) is 0 Å². The zero-order valence-corrected chi connectivity index (χ0v) is 15.6. The van der Waals surface area contributed by atoms with Crippen molar-refractivity contribution in [3.8, 4) is 6.07 Å². The molecule has 1 heterocycles. The average molecular weight is 390 g/mol. The van der Waals surface area contributed by atoms with Crippen LogP contribution < -0.4 is 0 Å². The van der Waals surface area contributed by atoms with Gasteiger partial charge in [-0.2, -0.15) is 5.26 Å². The van der Waals surface area contributed by atoms with Crippen LogP contribution in [0.5, 0.6) is 0 Å². The summed E-state index contributed by atoms with van der Waals surface area (Å²) in [6.07, 6.45) is 1.79. The average Bonchev–Trinajstić information content (AvgIpc) is 2.66. The van der Waals surface area contributed by atoms with E-state index in [0.717, 1.165) is 4.90 Å². The van der Waals surface area contributed by atoms with Crippen molar-refractivity contribution >= 4 is 35.2 Å². The van der Waals surface area contributed by atoms with Gasteiger partial charge in [-0.1, -0.05) is 35.5 Å². The molecule has 0 unspecified atom stereocenters. The summed E-state index contributed by atoms with van der Waals surface area (Å²) in [7, 11) is 1.55. The van der Waals surface area contributed by atoms with E-state index < -0.39 is 12.6 Å². The van der Waals surface area contributed by atoms with Gasteiger partial charge in [0.25, 0.3) is 5.91 Å². The zero-order chi connectivity index (χ0) is 18.9. The maximum absolute atomic E-state index is 12.4. The van der Waals surface area contributed by atoms with E-state index in [9.17, 15) is 9.59 Å². The molecule has 0 aliphatic carbocycles. The number of nitriles is 1. The number of ether oxygens (including phenoxy) is 1. The molecule has 0 aliphatic heterocycles. The van der Waals surface area contributed by atoms with Gasteiger partial charge in [-0.05, 0) is 24.3 Å². The second-order valence-electron chi connectivity index (χ2n) is 5.19. The van der Waals surface area contributed by atoms with Gasteiger partial charge in [-0.3, -0.25) is 4.79 Å². The van der Waals surface area contributed by atoms with Crippen molar-refractivity contribution in [2.75, 3.05) is 20.2 Å². The number of amides is 1. The van der Waals surface area contributed by atoms with Crippen LogP contribution in [-0.4, -0.2) is 42.0 Å². The van der Waals surface area contributed by atoms with Gasteiger partial charge in [0.2, 0.25) is 0 Å². The molecule has 0 spiro atoms. The predicted molar refractivity (Wildman–Crippen MR) is 98.0 cm³/mol. The summed E-state index contributed by atoms with van der Waals surface area (Å²) < 4.78 is 5.10. The molecule has 0 saturated carbocycles. The number of carbonyl (C=O) groups excluding carboxylic acids is 2. The first-order valence-corrected chi connectivity index (χ1v) is 8.87. The van der Waals surface area contributed by atoms with Gasteiger partial charge in [-0.15, -0.1) is 0 Å². The van der Waals surface area contributed by atoms with E-state index in [1.165, 1.54) is 16.7 Å². The lowest BCUT2D eigenvalue weighted by atomic mass is 10.3. The number of esters is 1. The summed E-state index contributed by atoms with van der Waals surface area (Å²) >= 11 is 7.39. The molecule has 0 fully saturated rings. The molecule has 1 amide bonds. The highest BCUT2D eigenvalue weighted by molar-refractivity contribution is 7.99. The quantitative estimate of drug-likeness (QED) is 0.675. The Kier molecular flexibility index (Phi) is 7.45. The monoisotopic (exact) mass is 389 g/mol. The smallest absolute Gasteiger partial charge is 0.341 e. The second kappa shape index (κ2) is 9.80. The van der Waals surface area contributed by atoms with Gasteiger partial charge in [0.05, 0.1) is 23.1 Å². The third kappa shape index (κ3) is 5.48. The minimum atomic E-state index is -0.644. The van der Waals surface area contributed by atoms with Gasteiger partial charge in [0, 0.05) is 24.7 Å². The van der Waals surface area contributed by atoms with E-state index in [0.29, 0.717) is 10.0 Å². The number of hydrogen-bond donors (Lipinski definition) is 0. The molecule has 8 heteroatoms. The number of aromatic nitrogens is 1. The van der Waals surface area contributed by atoms with Crippen LogP contribution in [0, 0.1) is 11.3 Å². The van der Waals surface area contributed by atoms with Gasteiger partial charge in [-0.25, -0.2) is 9.78 Å². The fraction of sp³-hybridized carbons (Fsp3) is 0.222. The molecule has 0 radical (unpaired) electrons. The number of pyridine rings is 1. The third-order valence-corrected chi connectivity index (χ3v) is 4.88. The van der Waals surface area contributed by atoms with Crippen molar-refractivity contribution in [3.05, 3.63) is 53.2 Å². The largest absolute Gasteiger partial charge is 0.452 e. The lowest BCUT2D eigenvalue weighted by Gasteiger charge is -2.15. The molecule has 0 aliphatic rings. The minimum Gasteiger partial charge on any atom is -0.452 e. The number of rotatable bonds is 7. The Hall–Kier alpha value is -2.56. The fourth-order valence-corrected chi connectivity index (χ4v) is 3.06. The van der Waals surface area contributed by atoms with Crippen LogP contribution in [-0.2, 0) is 9.53 Å². The highest BCUT2D eigenvalue weighted by Gasteiger charge is 2.18. The first-order valence-electron chi connectivity index (χ1n) is 7.68. The molecule has 1 aromatic carbocycles. The Labute approximate surface area is 160 Å². The van der Waals surface area contributed by atoms with Crippen LogP contribution in [0.25, 0.3) is 0 Å². The first-order chi connectivity index (χ1) is 12.5. The number of benzene rings is 1. The molecule has 2 rings (SSSR count). The topological polar surface area (TPSA) is 83.3 Å². The Morgan fingerprint density at radius 3 is 2.81 bits per heavy atom. The molecular formula is C18H16ClN3O3S. The Balaban J connectivity index is 2.05. The van der Waals surface area contributed by atoms with Crippen molar-refractivity contribution in [3.63, 3.8) is 0 Å². The summed E-state index contributed by atoms with van der Waals surface area (Å²) in [5, 5.41) is 9.54. The van der Waals surface area contributed by atoms with E-state index >= 15 is 0 Å². The number of halogens is 1. The lowest BCUT2D eigenvalue weighted by molar-refractivity contribution is -0.133. The van der Waals surface area contributed by atoms with Gasteiger partial charge >= 0.3 is 5.97 Å². The van der Waals surface area contributed by atoms with Crippen molar-refractivity contribution in [1.29, 1.82) is 5.26 Å². The summed E-state index contributed by atoms with van der Waals surface area (Å²) in [6.45, 7) is -0.112. The third-order valence-electron chi connectivity index (χ3n) is 3.35. The number of hydrogen-bond acceptors (Lipinski definition) is 6. The van der Waals surface area contributed by atoms with Gasteiger partial charge in [0.15, 0.2) is 6.61 Å². The van der Waals surface area contributed by atoms with Crippen LogP contribution in [0.4, 0.5) is 0 Å². The van der Waals surface area contributed by atoms with Gasteiger partial charge in [0.1, 0.15) is 5.03 Å². The normalized spacial score (nSPS) is 10.0. The maximum atomic E-state index is 12.4. The fourth-order valence-electron chi connectivity index (χ4n) is 1.92. The van der Waals surface area contributed by atoms with Crippen LogP contribution in [0.2, 0.25) is 5.02 Å². The summed E-state index contributed by atoms with van der Waals surface area (Å²) in [6, 6.07) is 12.4. The molecule has 1 aromatic heterocycles. The van der Waals surface area contributed by atoms with E-state index in [4.69, 9.17) is 21.6 Å². The predicted octanol–water partition coefficient (Wildman–Crippen LogP) is 3.42. The summed E-state index contributed by atoms with van der Waals surface area (Å²) in [4.78, 5) is 30.6. The molecule has 0 N–H and O–H groups in total. The van der Waals surface area contributed by atoms with E-state index in [-0.39, 0.29) is 24.4 Å². The SMILES string of the molecule is CN(CCC#N)C(=O)COC(=O)c1cccnc1Sc1ccccc1Cl. The zero-order valence-electron chi connectivity index (χ0n) is 14.0. The van der Waals surface area contributed by atoms with E-state index in [2.05, 4.69) is 4.98 Å². The molecular weight excluding hydrogens is 374 g/mol. The van der Waals surface area contributed by atoms with Crippen LogP contribution >= 0.6 is 23.4 Å². The number of nitrogens with zero attached hydrogens (tertiary/aromatic N) is 3. The van der Waals surface area contributed by atoms with Crippen molar-refractivity contribution in [2.45, 2.75) is 16.3 Å². The van der Waals surface area contributed by atoms with Crippen LogP contribution in [0.1, 0.15) is 16.8 Å². The molecule has 0 saturated heterocycles. The van der Waals surface area contributed by atoms with E-state index in [1.54, 1.807) is 31.4 Å². The number of likely N-dealkylation sites (N-methyl/N-ethyl adjacent to an activating group) is 1. The second-order valence-corrected chi connectivity index (χ2v) is 6.63. The Morgan fingerprint density at radius 1 is 1.31 bits per heavy atom. The van der Waals surface area contributed by atoms with Crippen molar-refractivity contribution < 1.29 is 14.3 Å². The Morgan fingerprint density at radius 2 is 2.08 bits per heavy atom. The molecule has 134 valence electrons. The summed E-state index contributed by atoms with van der Waals surface area (Å²) in [5.41, 5.74) is 0.255. The lowest BCUT2D eigenvalue weighted by Crippen LogP contribution is -2.32. The highest BCUT2D eigenvalue weighted by atomic mass is 35.5.